The summed E-state index contributed by atoms with van der Waals surface area (Å²) in [5, 5.41) is 5.39. The smallest absolute Gasteiger partial charge is 0.159 e. The molecular weight excluding hydrogens is 461 g/mol. The van der Waals surface area contributed by atoms with Crippen LogP contribution in [0.2, 0.25) is 15.1 Å². The Morgan fingerprint density at radius 2 is 1.61 bits per heavy atom. The van der Waals surface area contributed by atoms with Crippen LogP contribution < -0.4 is 10.2 Å². The van der Waals surface area contributed by atoms with Gasteiger partial charge >= 0.3 is 0 Å². The van der Waals surface area contributed by atoms with Crippen molar-refractivity contribution in [3.63, 3.8) is 0 Å². The van der Waals surface area contributed by atoms with Gasteiger partial charge in [0.1, 0.15) is 0 Å². The molecular formula is C24H21Cl3F2N2. The van der Waals surface area contributed by atoms with Gasteiger partial charge in [-0.15, -0.1) is 0 Å². The molecule has 1 heterocycles. The molecule has 31 heavy (non-hydrogen) atoms. The third-order valence-corrected chi connectivity index (χ3v) is 6.45. The average Bonchev–Trinajstić information content (AvgIpc) is 2.75. The maximum absolute atomic E-state index is 13.5. The van der Waals surface area contributed by atoms with Crippen LogP contribution >= 0.6 is 34.8 Å². The van der Waals surface area contributed by atoms with E-state index in [0.29, 0.717) is 27.2 Å². The van der Waals surface area contributed by atoms with Crippen molar-refractivity contribution in [1.29, 1.82) is 0 Å². The van der Waals surface area contributed by atoms with Crippen molar-refractivity contribution in [2.24, 2.45) is 0 Å². The lowest BCUT2D eigenvalue weighted by Crippen LogP contribution is -2.44. The molecule has 3 aromatic carbocycles. The predicted octanol–water partition coefficient (Wildman–Crippen LogP) is 7.42. The highest BCUT2D eigenvalue weighted by molar-refractivity contribution is 6.36. The Kier molecular flexibility index (Phi) is 7.02. The van der Waals surface area contributed by atoms with Crippen LogP contribution in [0.1, 0.15) is 30.0 Å². The van der Waals surface area contributed by atoms with Gasteiger partial charge in [0.2, 0.25) is 0 Å². The second kappa shape index (κ2) is 9.74. The zero-order chi connectivity index (χ0) is 22.0. The van der Waals surface area contributed by atoms with Gasteiger partial charge in [0.25, 0.3) is 0 Å². The summed E-state index contributed by atoms with van der Waals surface area (Å²) in [5.41, 5.74) is 2.78. The normalized spacial score (nSPS) is 18.9. The summed E-state index contributed by atoms with van der Waals surface area (Å²) >= 11 is 18.7. The number of anilines is 1. The molecule has 1 aliphatic heterocycles. The molecule has 7 heteroatoms. The number of halogens is 5. The number of piperidine rings is 1. The number of hydrogen-bond acceptors (Lipinski definition) is 2. The van der Waals surface area contributed by atoms with E-state index in [1.54, 1.807) is 12.1 Å². The minimum Gasteiger partial charge on any atom is -0.363 e. The first kappa shape index (κ1) is 22.3. The number of hydrogen-bond donors (Lipinski definition) is 1. The molecule has 0 bridgehead atoms. The molecule has 0 spiro atoms. The predicted molar refractivity (Wildman–Crippen MR) is 124 cm³/mol. The van der Waals surface area contributed by atoms with E-state index in [9.17, 15) is 8.78 Å². The molecule has 2 atom stereocenters. The van der Waals surface area contributed by atoms with Crippen molar-refractivity contribution in [3.8, 4) is 0 Å². The van der Waals surface area contributed by atoms with E-state index >= 15 is 0 Å². The molecule has 0 aliphatic carbocycles. The van der Waals surface area contributed by atoms with Crippen LogP contribution in [0.15, 0.2) is 60.7 Å². The molecule has 0 amide bonds. The van der Waals surface area contributed by atoms with Crippen molar-refractivity contribution in [2.75, 3.05) is 11.4 Å². The highest BCUT2D eigenvalue weighted by Gasteiger charge is 2.30. The lowest BCUT2D eigenvalue weighted by Gasteiger charge is -2.42. The Morgan fingerprint density at radius 3 is 2.32 bits per heavy atom. The van der Waals surface area contributed by atoms with Gasteiger partial charge < -0.3 is 10.2 Å². The highest BCUT2D eigenvalue weighted by Crippen LogP contribution is 2.39. The maximum Gasteiger partial charge on any atom is 0.159 e. The number of rotatable bonds is 5. The van der Waals surface area contributed by atoms with E-state index < -0.39 is 11.6 Å². The molecule has 3 aromatic rings. The van der Waals surface area contributed by atoms with Gasteiger partial charge in [0.05, 0.1) is 16.8 Å². The van der Waals surface area contributed by atoms with Gasteiger partial charge in [-0.3, -0.25) is 0 Å². The largest absolute Gasteiger partial charge is 0.363 e. The lowest BCUT2D eigenvalue weighted by molar-refractivity contribution is 0.359. The zero-order valence-electron chi connectivity index (χ0n) is 16.6. The maximum atomic E-state index is 13.5. The fourth-order valence-electron chi connectivity index (χ4n) is 4.07. The standard InChI is InChI=1S/C24H21Cl3F2N2/c25-17-4-2-16(3-5-17)24-13-19(30-14-15-1-7-21(28)22(29)11-15)9-10-31(24)23-8-6-18(26)12-20(23)27/h1-8,11-12,19,24,30H,9-10,13-14H2. The van der Waals surface area contributed by atoms with Gasteiger partial charge in [0.15, 0.2) is 11.6 Å². The van der Waals surface area contributed by atoms with Crippen molar-refractivity contribution in [2.45, 2.75) is 31.5 Å². The first-order valence-corrected chi connectivity index (χ1v) is 11.2. The number of nitrogens with one attached hydrogen (secondary N) is 1. The number of nitrogens with zero attached hydrogens (tertiary/aromatic N) is 1. The van der Waals surface area contributed by atoms with E-state index in [0.717, 1.165) is 36.7 Å². The van der Waals surface area contributed by atoms with Crippen LogP contribution in [0.3, 0.4) is 0 Å². The van der Waals surface area contributed by atoms with Gasteiger partial charge in [-0.05, 0) is 66.4 Å². The van der Waals surface area contributed by atoms with E-state index in [1.807, 2.05) is 36.4 Å². The van der Waals surface area contributed by atoms with Crippen LogP contribution in [-0.4, -0.2) is 12.6 Å². The van der Waals surface area contributed by atoms with Gasteiger partial charge in [-0.1, -0.05) is 53.0 Å². The van der Waals surface area contributed by atoms with Gasteiger partial charge in [0, 0.05) is 29.2 Å². The third-order valence-electron chi connectivity index (χ3n) is 5.66. The number of benzene rings is 3. The topological polar surface area (TPSA) is 15.3 Å². The Bertz CT molecular complexity index is 1060. The Hall–Kier alpha value is -1.85. The van der Waals surface area contributed by atoms with E-state index in [2.05, 4.69) is 10.2 Å². The minimum atomic E-state index is -0.834. The molecule has 1 N–H and O–H groups in total. The summed E-state index contributed by atoms with van der Waals surface area (Å²) in [5.74, 6) is -1.66. The summed E-state index contributed by atoms with van der Waals surface area (Å²) in [4.78, 5) is 2.29. The van der Waals surface area contributed by atoms with Crippen molar-refractivity contribution >= 4 is 40.5 Å². The van der Waals surface area contributed by atoms with E-state index in [-0.39, 0.29) is 12.1 Å². The monoisotopic (exact) mass is 480 g/mol. The molecule has 1 fully saturated rings. The highest BCUT2D eigenvalue weighted by atomic mass is 35.5. The third kappa shape index (κ3) is 5.32. The van der Waals surface area contributed by atoms with Crippen LogP contribution in [0.25, 0.3) is 0 Å². The summed E-state index contributed by atoms with van der Waals surface area (Å²) in [6.07, 6.45) is 1.71. The van der Waals surface area contributed by atoms with Crippen LogP contribution in [0, 0.1) is 11.6 Å². The van der Waals surface area contributed by atoms with Crippen LogP contribution in [0.5, 0.6) is 0 Å². The molecule has 162 valence electrons. The summed E-state index contributed by atoms with van der Waals surface area (Å²) in [6.45, 7) is 1.25. The SMILES string of the molecule is Fc1ccc(CNC2CCN(c3ccc(Cl)cc3Cl)C(c3ccc(Cl)cc3)C2)cc1F. The Labute approximate surface area is 195 Å². The van der Waals surface area contributed by atoms with Crippen LogP contribution in [-0.2, 0) is 6.54 Å². The van der Waals surface area contributed by atoms with Crippen molar-refractivity contribution in [1.82, 2.24) is 5.32 Å². The molecule has 0 radical (unpaired) electrons. The molecule has 4 rings (SSSR count). The molecule has 0 aromatic heterocycles. The van der Waals surface area contributed by atoms with E-state index in [1.165, 1.54) is 6.07 Å². The quantitative estimate of drug-likeness (QED) is 0.408. The summed E-state index contributed by atoms with van der Waals surface area (Å²) in [7, 11) is 0. The Balaban J connectivity index is 1.55. The molecule has 2 nitrogen and oxygen atoms in total. The molecule has 2 unspecified atom stereocenters. The van der Waals surface area contributed by atoms with Crippen molar-refractivity contribution in [3.05, 3.63) is 98.5 Å². The average molecular weight is 482 g/mol. The van der Waals surface area contributed by atoms with Crippen molar-refractivity contribution < 1.29 is 8.78 Å². The molecule has 0 saturated carbocycles. The summed E-state index contributed by atoms with van der Waals surface area (Å²) < 4.78 is 26.7. The van der Waals surface area contributed by atoms with Gasteiger partial charge in [-0.25, -0.2) is 8.78 Å². The van der Waals surface area contributed by atoms with E-state index in [4.69, 9.17) is 34.8 Å². The van der Waals surface area contributed by atoms with Crippen LogP contribution in [0.4, 0.5) is 14.5 Å². The van der Waals surface area contributed by atoms with Gasteiger partial charge in [-0.2, -0.15) is 0 Å². The second-order valence-electron chi connectivity index (χ2n) is 7.71. The fraction of sp³-hybridized carbons (Fsp3) is 0.250. The fourth-order valence-corrected chi connectivity index (χ4v) is 4.71. The first-order chi connectivity index (χ1) is 14.9. The first-order valence-electron chi connectivity index (χ1n) is 10.0. The zero-order valence-corrected chi connectivity index (χ0v) is 18.9. The minimum absolute atomic E-state index is 0.0761. The molecule has 1 saturated heterocycles. The lowest BCUT2D eigenvalue weighted by atomic mass is 9.91. The molecule has 1 aliphatic rings. The second-order valence-corrected chi connectivity index (χ2v) is 8.99. The summed E-state index contributed by atoms with van der Waals surface area (Å²) in [6, 6.07) is 17.7. The Morgan fingerprint density at radius 1 is 0.871 bits per heavy atom.